The molecule has 3 aromatic heterocycles. The molecule has 2 aromatic carbocycles. The lowest BCUT2D eigenvalue weighted by Crippen LogP contribution is -2.14. The van der Waals surface area contributed by atoms with Crippen LogP contribution in [0.25, 0.3) is 27.6 Å². The molecule has 0 aliphatic carbocycles. The molecule has 0 aliphatic rings. The van der Waals surface area contributed by atoms with Gasteiger partial charge in [0.1, 0.15) is 0 Å². The lowest BCUT2D eigenvalue weighted by atomic mass is 10.1. The Kier molecular flexibility index (Phi) is 5.97. The van der Waals surface area contributed by atoms with E-state index in [0.29, 0.717) is 0 Å². The van der Waals surface area contributed by atoms with Crippen LogP contribution in [-0.4, -0.2) is 35.8 Å². The summed E-state index contributed by atoms with van der Waals surface area (Å²) in [4.78, 5) is 18.1. The summed E-state index contributed by atoms with van der Waals surface area (Å²) >= 11 is 2.99. The highest BCUT2D eigenvalue weighted by atomic mass is 32.2. The fraction of sp³-hybridized carbons (Fsp3) is 0.167. The van der Waals surface area contributed by atoms with Crippen LogP contribution in [0.5, 0.6) is 0 Å². The SMILES string of the molecule is CCn1c(SCC(=O)Nc2ccc(-c3cn4ccsc4n3)cc2)nnc1-c1ccccc1C. The van der Waals surface area contributed by atoms with Gasteiger partial charge in [-0.05, 0) is 31.5 Å². The van der Waals surface area contributed by atoms with Crippen LogP contribution in [0.3, 0.4) is 0 Å². The maximum Gasteiger partial charge on any atom is 0.234 e. The van der Waals surface area contributed by atoms with Crippen LogP contribution >= 0.6 is 23.1 Å². The number of thioether (sulfide) groups is 1. The van der Waals surface area contributed by atoms with E-state index in [0.717, 1.165) is 50.6 Å². The van der Waals surface area contributed by atoms with Gasteiger partial charge >= 0.3 is 0 Å². The number of benzene rings is 2. The van der Waals surface area contributed by atoms with Crippen molar-refractivity contribution in [3.8, 4) is 22.6 Å². The molecule has 33 heavy (non-hydrogen) atoms. The molecule has 0 bridgehead atoms. The van der Waals surface area contributed by atoms with E-state index < -0.39 is 0 Å². The van der Waals surface area contributed by atoms with Gasteiger partial charge < -0.3 is 9.88 Å². The quantitative estimate of drug-likeness (QED) is 0.321. The number of aryl methyl sites for hydroxylation is 1. The molecule has 7 nitrogen and oxygen atoms in total. The van der Waals surface area contributed by atoms with Crippen molar-refractivity contribution in [2.75, 3.05) is 11.1 Å². The predicted octanol–water partition coefficient (Wildman–Crippen LogP) is 5.38. The third-order valence-corrected chi connectivity index (χ3v) is 7.05. The molecule has 0 radical (unpaired) electrons. The van der Waals surface area contributed by atoms with E-state index in [1.165, 1.54) is 11.8 Å². The molecule has 1 N–H and O–H groups in total. The minimum absolute atomic E-state index is 0.0849. The molecule has 0 spiro atoms. The van der Waals surface area contributed by atoms with E-state index in [1.807, 2.05) is 69.2 Å². The van der Waals surface area contributed by atoms with E-state index in [-0.39, 0.29) is 11.7 Å². The Morgan fingerprint density at radius 2 is 1.94 bits per heavy atom. The smallest absolute Gasteiger partial charge is 0.234 e. The molecule has 166 valence electrons. The Hall–Kier alpha value is -3.43. The van der Waals surface area contributed by atoms with Crippen molar-refractivity contribution in [2.24, 2.45) is 0 Å². The Balaban J connectivity index is 1.23. The zero-order chi connectivity index (χ0) is 22.8. The standard InChI is InChI=1S/C24H22N6OS2/c1-3-30-22(19-7-5-4-6-16(19)2)27-28-24(30)33-15-21(31)25-18-10-8-17(9-11-18)20-14-29-12-13-32-23(29)26-20/h4-14H,3,15H2,1-2H3,(H,25,31). The molecule has 0 aliphatic heterocycles. The monoisotopic (exact) mass is 474 g/mol. The van der Waals surface area contributed by atoms with Crippen LogP contribution in [0.15, 0.2) is 71.5 Å². The van der Waals surface area contributed by atoms with E-state index in [9.17, 15) is 4.79 Å². The van der Waals surface area contributed by atoms with Gasteiger partial charge in [-0.1, -0.05) is 48.2 Å². The van der Waals surface area contributed by atoms with Crippen molar-refractivity contribution in [3.05, 3.63) is 71.9 Å². The first-order valence-corrected chi connectivity index (χ1v) is 12.4. The summed E-state index contributed by atoms with van der Waals surface area (Å²) in [5.74, 6) is 0.997. The highest BCUT2D eigenvalue weighted by Gasteiger charge is 2.16. The minimum atomic E-state index is -0.0849. The summed E-state index contributed by atoms with van der Waals surface area (Å²) in [5.41, 5.74) is 4.88. The Morgan fingerprint density at radius 1 is 1.12 bits per heavy atom. The molecule has 0 atom stereocenters. The van der Waals surface area contributed by atoms with Crippen molar-refractivity contribution in [3.63, 3.8) is 0 Å². The van der Waals surface area contributed by atoms with Crippen molar-refractivity contribution in [2.45, 2.75) is 25.5 Å². The number of aromatic nitrogens is 5. The number of nitrogens with one attached hydrogen (secondary N) is 1. The molecule has 3 heterocycles. The largest absolute Gasteiger partial charge is 0.325 e. The number of hydrogen-bond donors (Lipinski definition) is 1. The average molecular weight is 475 g/mol. The number of carbonyl (C=O) groups excluding carboxylic acids is 1. The van der Waals surface area contributed by atoms with Gasteiger partial charge in [-0.2, -0.15) is 0 Å². The number of nitrogens with zero attached hydrogens (tertiary/aromatic N) is 5. The zero-order valence-corrected chi connectivity index (χ0v) is 19.9. The zero-order valence-electron chi connectivity index (χ0n) is 18.2. The van der Waals surface area contributed by atoms with Gasteiger partial charge in [0.2, 0.25) is 5.91 Å². The summed E-state index contributed by atoms with van der Waals surface area (Å²) in [6.45, 7) is 4.85. The van der Waals surface area contributed by atoms with Crippen LogP contribution in [0.4, 0.5) is 5.69 Å². The lowest BCUT2D eigenvalue weighted by molar-refractivity contribution is -0.113. The van der Waals surface area contributed by atoms with Gasteiger partial charge in [-0.3, -0.25) is 9.20 Å². The summed E-state index contributed by atoms with van der Waals surface area (Å²) in [6.07, 6.45) is 4.00. The fourth-order valence-electron chi connectivity index (χ4n) is 3.62. The molecule has 0 unspecified atom stereocenters. The second-order valence-corrected chi connectivity index (χ2v) is 9.31. The second-order valence-electron chi connectivity index (χ2n) is 7.50. The van der Waals surface area contributed by atoms with Crippen molar-refractivity contribution in [1.29, 1.82) is 0 Å². The molecule has 1 amide bonds. The molecule has 0 fully saturated rings. The molecule has 0 saturated carbocycles. The van der Waals surface area contributed by atoms with Gasteiger partial charge in [-0.15, -0.1) is 21.5 Å². The molecular formula is C24H22N6OS2. The van der Waals surface area contributed by atoms with Gasteiger partial charge in [0, 0.05) is 41.1 Å². The number of carbonyl (C=O) groups is 1. The predicted molar refractivity (Wildman–Crippen MR) is 134 cm³/mol. The van der Waals surface area contributed by atoms with Crippen LogP contribution < -0.4 is 5.32 Å². The number of amides is 1. The maximum atomic E-state index is 12.6. The normalized spacial score (nSPS) is 11.2. The number of anilines is 1. The lowest BCUT2D eigenvalue weighted by Gasteiger charge is -2.09. The summed E-state index contributed by atoms with van der Waals surface area (Å²) < 4.78 is 4.05. The highest BCUT2D eigenvalue weighted by molar-refractivity contribution is 7.99. The van der Waals surface area contributed by atoms with Gasteiger partial charge in [0.15, 0.2) is 15.9 Å². The molecule has 5 aromatic rings. The average Bonchev–Trinajstić information content (AvgIpc) is 3.53. The minimum Gasteiger partial charge on any atom is -0.325 e. The van der Waals surface area contributed by atoms with Crippen LogP contribution in [0.1, 0.15) is 12.5 Å². The topological polar surface area (TPSA) is 77.1 Å². The number of hydrogen-bond acceptors (Lipinski definition) is 6. The van der Waals surface area contributed by atoms with E-state index in [4.69, 9.17) is 0 Å². The number of imidazole rings is 1. The number of fused-ring (bicyclic) bond motifs is 1. The van der Waals surface area contributed by atoms with E-state index >= 15 is 0 Å². The Labute approximate surface area is 199 Å². The maximum absolute atomic E-state index is 12.6. The van der Waals surface area contributed by atoms with Crippen LogP contribution in [-0.2, 0) is 11.3 Å². The second kappa shape index (κ2) is 9.21. The molecule has 9 heteroatoms. The van der Waals surface area contributed by atoms with Crippen molar-refractivity contribution in [1.82, 2.24) is 24.1 Å². The molecular weight excluding hydrogens is 452 g/mol. The van der Waals surface area contributed by atoms with Crippen LogP contribution in [0, 0.1) is 6.92 Å². The van der Waals surface area contributed by atoms with Gasteiger partial charge in [-0.25, -0.2) is 4.98 Å². The first-order valence-electron chi connectivity index (χ1n) is 10.6. The Morgan fingerprint density at radius 3 is 2.70 bits per heavy atom. The highest BCUT2D eigenvalue weighted by Crippen LogP contribution is 2.27. The first kappa shape index (κ1) is 21.4. The third-order valence-electron chi connectivity index (χ3n) is 5.31. The molecule has 5 rings (SSSR count). The van der Waals surface area contributed by atoms with Crippen LogP contribution in [0.2, 0.25) is 0 Å². The van der Waals surface area contributed by atoms with Gasteiger partial charge in [0.05, 0.1) is 11.4 Å². The summed E-state index contributed by atoms with van der Waals surface area (Å²) in [7, 11) is 0. The third kappa shape index (κ3) is 4.42. The van der Waals surface area contributed by atoms with E-state index in [2.05, 4.69) is 40.4 Å². The fourth-order valence-corrected chi connectivity index (χ4v) is 5.12. The summed E-state index contributed by atoms with van der Waals surface area (Å²) in [5, 5.41) is 14.4. The first-order chi connectivity index (χ1) is 16.1. The summed E-state index contributed by atoms with van der Waals surface area (Å²) in [6, 6.07) is 15.9. The van der Waals surface area contributed by atoms with Crippen molar-refractivity contribution < 1.29 is 4.79 Å². The van der Waals surface area contributed by atoms with Crippen molar-refractivity contribution >= 4 is 39.7 Å². The molecule has 0 saturated heterocycles. The number of thiazole rings is 1. The number of rotatable bonds is 7. The Bertz CT molecular complexity index is 1390. The van der Waals surface area contributed by atoms with E-state index in [1.54, 1.807) is 11.3 Å². The van der Waals surface area contributed by atoms with Gasteiger partial charge in [0.25, 0.3) is 0 Å².